The van der Waals surface area contributed by atoms with Gasteiger partial charge in [0.25, 0.3) is 11.8 Å². The lowest BCUT2D eigenvalue weighted by Crippen LogP contribution is -2.52. The number of aliphatic hydroxyl groups is 1. The van der Waals surface area contributed by atoms with Gasteiger partial charge in [0, 0.05) is 87.2 Å². The van der Waals surface area contributed by atoms with Crippen molar-refractivity contribution in [2.75, 3.05) is 76.1 Å². The summed E-state index contributed by atoms with van der Waals surface area (Å²) in [5, 5.41) is 28.3. The zero-order valence-electron chi connectivity index (χ0n) is 39.4. The van der Waals surface area contributed by atoms with Crippen LogP contribution in [0.25, 0.3) is 11.5 Å². The number of ether oxygens (including phenoxy) is 1. The van der Waals surface area contributed by atoms with Gasteiger partial charge in [0.2, 0.25) is 23.7 Å². The molecule has 5 aliphatic heterocycles. The van der Waals surface area contributed by atoms with Gasteiger partial charge in [-0.1, -0.05) is 42.2 Å². The van der Waals surface area contributed by atoms with Crippen LogP contribution in [-0.4, -0.2) is 140 Å². The van der Waals surface area contributed by atoms with Crippen LogP contribution in [-0.2, 0) is 32.9 Å². The first kappa shape index (κ1) is 46.7. The molecule has 18 heteroatoms. The number of anilines is 3. The van der Waals surface area contributed by atoms with Crippen LogP contribution >= 0.6 is 0 Å². The Kier molecular flexibility index (Phi) is 13.4. The van der Waals surface area contributed by atoms with Crippen LogP contribution in [0.15, 0.2) is 77.3 Å². The van der Waals surface area contributed by atoms with E-state index in [0.717, 1.165) is 87.5 Å². The van der Waals surface area contributed by atoms with Crippen LogP contribution in [0.1, 0.15) is 94.4 Å². The minimum absolute atomic E-state index is 0.176. The van der Waals surface area contributed by atoms with Crippen LogP contribution in [0.4, 0.5) is 17.5 Å². The number of carbonyl (C=O) groups excluding carboxylic acids is 4. The molecule has 5 aromatic rings. The molecule has 362 valence electrons. The van der Waals surface area contributed by atoms with Gasteiger partial charge < -0.3 is 39.6 Å². The Labute approximate surface area is 406 Å². The van der Waals surface area contributed by atoms with Gasteiger partial charge in [-0.05, 0) is 99.6 Å². The number of esters is 1. The van der Waals surface area contributed by atoms with Crippen LogP contribution < -0.4 is 16.0 Å². The lowest BCUT2D eigenvalue weighted by molar-refractivity contribution is -0.136. The average molecular weight is 948 g/mol. The van der Waals surface area contributed by atoms with Crippen LogP contribution in [0, 0.1) is 17.8 Å². The number of rotatable bonds is 14. The van der Waals surface area contributed by atoms with E-state index in [-0.39, 0.29) is 36.7 Å². The molecule has 3 fully saturated rings. The molecule has 7 heterocycles. The van der Waals surface area contributed by atoms with Crippen LogP contribution in [0.3, 0.4) is 0 Å². The first-order chi connectivity index (χ1) is 34.0. The number of piperidine rings is 2. The second-order valence-corrected chi connectivity index (χ2v) is 19.2. The van der Waals surface area contributed by atoms with Crippen molar-refractivity contribution >= 4 is 41.1 Å². The van der Waals surface area contributed by atoms with E-state index in [1.54, 1.807) is 29.3 Å². The predicted octanol–water partition coefficient (Wildman–Crippen LogP) is 4.51. The molecule has 0 spiro atoms. The number of cyclic esters (lactones) is 1. The van der Waals surface area contributed by atoms with Gasteiger partial charge in [0.1, 0.15) is 17.5 Å². The Balaban J connectivity index is 0.689. The molecule has 2 atom stereocenters. The highest BCUT2D eigenvalue weighted by Crippen LogP contribution is 2.38. The minimum Gasteiger partial charge on any atom is -0.451 e. The van der Waals surface area contributed by atoms with Crippen molar-refractivity contribution in [1.29, 1.82) is 0 Å². The van der Waals surface area contributed by atoms with Gasteiger partial charge in [-0.3, -0.25) is 24.6 Å². The quantitative estimate of drug-likeness (QED) is 0.0686. The molecule has 70 heavy (non-hydrogen) atoms. The number of imide groups is 1. The van der Waals surface area contributed by atoms with E-state index in [0.29, 0.717) is 71.9 Å². The third-order valence-corrected chi connectivity index (χ3v) is 14.1. The van der Waals surface area contributed by atoms with Gasteiger partial charge in [-0.25, -0.2) is 9.78 Å². The first-order valence-electron chi connectivity index (χ1n) is 24.2. The predicted molar refractivity (Wildman–Crippen MR) is 258 cm³/mol. The van der Waals surface area contributed by atoms with E-state index in [1.165, 1.54) is 0 Å². The Morgan fingerprint density at radius 2 is 1.67 bits per heavy atom. The molecule has 4 N–H and O–H groups in total. The zero-order chi connectivity index (χ0) is 48.4. The van der Waals surface area contributed by atoms with Gasteiger partial charge in [0.05, 0.1) is 30.3 Å². The second kappa shape index (κ2) is 20.1. The van der Waals surface area contributed by atoms with E-state index in [1.807, 2.05) is 62.4 Å². The maximum Gasteiger partial charge on any atom is 0.339 e. The van der Waals surface area contributed by atoms with Crippen molar-refractivity contribution in [2.24, 2.45) is 5.92 Å². The normalized spacial score (nSPS) is 20.0. The number of fused-ring (bicyclic) bond motifs is 2. The second-order valence-electron chi connectivity index (χ2n) is 19.2. The molecule has 3 amide bonds. The average Bonchev–Trinajstić information content (AvgIpc) is 4.03. The fraction of sp³-hybridized carbons (Fsp3) is 0.423. The van der Waals surface area contributed by atoms with Crippen molar-refractivity contribution in [3.63, 3.8) is 0 Å². The van der Waals surface area contributed by atoms with E-state index < -0.39 is 23.6 Å². The van der Waals surface area contributed by atoms with Gasteiger partial charge >= 0.3 is 5.97 Å². The van der Waals surface area contributed by atoms with Crippen molar-refractivity contribution in [1.82, 2.24) is 45.1 Å². The number of hydrogen-bond donors (Lipinski definition) is 4. The molecule has 3 aromatic carbocycles. The molecular weight excluding hydrogens is 891 g/mol. The largest absolute Gasteiger partial charge is 0.451 e. The number of amides is 3. The molecule has 0 bridgehead atoms. The Hall–Kier alpha value is -7.04. The standard InChI is InChI=1S/C52H57N11O7/c1-52(2)41-28-37(11-13-39(41)50(68)70-52)54-51-53-29-40(46(57-51)55-42(32-64)35-8-4-3-5-9-35)48-59-58-45(69-48)18-22-61-20-16-34(17-21-61)30-62-25-23-60(24-26-62)19-6-7-33-10-12-38-36(27-33)31-63(49(38)67)43-14-15-44(65)56-47(43)66/h3-5,8-13,27-29,34,42-43,64H,14-26,30-32H2,1-2H3,(H,56,65,66)(H2,53,54,55,57)/t42-,43?/m1/s1. The fourth-order valence-electron chi connectivity index (χ4n) is 10.1. The molecular formula is C52H57N11O7. The summed E-state index contributed by atoms with van der Waals surface area (Å²) in [5.41, 5.74) is 4.91. The summed E-state index contributed by atoms with van der Waals surface area (Å²) in [6, 6.07) is 19.5. The van der Waals surface area contributed by atoms with Crippen molar-refractivity contribution in [3.05, 3.63) is 112 Å². The zero-order valence-corrected chi connectivity index (χ0v) is 39.4. The van der Waals surface area contributed by atoms with Crippen LogP contribution in [0.5, 0.6) is 0 Å². The SMILES string of the molecule is CC1(C)OC(=O)c2ccc(Nc3ncc(-c4nnc(CCN5CCC(CN6CCN(CC#Cc7ccc8c(c7)CN(C7CCC(=O)NC7=O)C8=O)CC6)CC5)o4)c(N[C@H](CO)c4ccccc4)n3)cc21. The molecule has 18 nitrogen and oxygen atoms in total. The van der Waals surface area contributed by atoms with Gasteiger partial charge in [0.15, 0.2) is 0 Å². The molecule has 0 aliphatic carbocycles. The summed E-state index contributed by atoms with van der Waals surface area (Å²) in [6.45, 7) is 12.4. The molecule has 3 saturated heterocycles. The van der Waals surface area contributed by atoms with Gasteiger partial charge in [-0.15, -0.1) is 10.2 Å². The number of benzene rings is 3. The topological polar surface area (TPSA) is 211 Å². The summed E-state index contributed by atoms with van der Waals surface area (Å²) in [4.78, 5) is 67.9. The Morgan fingerprint density at radius 3 is 2.46 bits per heavy atom. The Bertz CT molecular complexity index is 2840. The lowest BCUT2D eigenvalue weighted by atomic mass is 9.95. The van der Waals surface area contributed by atoms with Crippen molar-refractivity contribution < 1.29 is 33.4 Å². The van der Waals surface area contributed by atoms with E-state index >= 15 is 0 Å². The summed E-state index contributed by atoms with van der Waals surface area (Å²) >= 11 is 0. The summed E-state index contributed by atoms with van der Waals surface area (Å²) in [7, 11) is 0. The molecule has 5 aliphatic rings. The maximum atomic E-state index is 13.1. The van der Waals surface area contributed by atoms with Crippen molar-refractivity contribution in [3.8, 4) is 23.3 Å². The highest BCUT2D eigenvalue weighted by Gasteiger charge is 2.40. The molecule has 0 radical (unpaired) electrons. The highest BCUT2D eigenvalue weighted by molar-refractivity contribution is 6.05. The smallest absolute Gasteiger partial charge is 0.339 e. The third-order valence-electron chi connectivity index (χ3n) is 14.1. The third kappa shape index (κ3) is 10.3. The summed E-state index contributed by atoms with van der Waals surface area (Å²) in [6.07, 6.45) is 5.07. The number of carbonyl (C=O) groups is 4. The number of likely N-dealkylation sites (tertiary alicyclic amines) is 1. The maximum absolute atomic E-state index is 13.1. The Morgan fingerprint density at radius 1 is 0.886 bits per heavy atom. The molecule has 1 unspecified atom stereocenters. The molecule has 10 rings (SSSR count). The first-order valence-corrected chi connectivity index (χ1v) is 24.2. The number of nitrogens with one attached hydrogen (secondary N) is 3. The minimum atomic E-state index is -0.760. The number of piperazine rings is 1. The fourth-order valence-corrected chi connectivity index (χ4v) is 10.1. The highest BCUT2D eigenvalue weighted by atomic mass is 16.6. The van der Waals surface area contributed by atoms with E-state index in [2.05, 4.69) is 57.7 Å². The number of aliphatic hydroxyl groups excluding tert-OH is 1. The summed E-state index contributed by atoms with van der Waals surface area (Å²) < 4.78 is 11.8. The molecule has 2 aromatic heterocycles. The number of nitrogens with zero attached hydrogens (tertiary/aromatic N) is 8. The number of aromatic nitrogens is 4. The monoisotopic (exact) mass is 947 g/mol. The van der Waals surface area contributed by atoms with Crippen LogP contribution in [0.2, 0.25) is 0 Å². The van der Waals surface area contributed by atoms with E-state index in [9.17, 15) is 24.3 Å². The number of hydrogen-bond acceptors (Lipinski definition) is 16. The van der Waals surface area contributed by atoms with Gasteiger partial charge in [-0.2, -0.15) is 4.98 Å². The molecule has 0 saturated carbocycles. The lowest BCUT2D eigenvalue weighted by Gasteiger charge is -2.38. The van der Waals surface area contributed by atoms with Crippen molar-refractivity contribution in [2.45, 2.75) is 70.2 Å². The summed E-state index contributed by atoms with van der Waals surface area (Å²) in [5.74, 6) is 7.53. The van der Waals surface area contributed by atoms with E-state index in [4.69, 9.17) is 14.1 Å².